The molecule has 0 aliphatic heterocycles. The van der Waals surface area contributed by atoms with E-state index in [0.717, 1.165) is 40.9 Å². The fourth-order valence-corrected chi connectivity index (χ4v) is 3.41. The van der Waals surface area contributed by atoms with Gasteiger partial charge >= 0.3 is 0 Å². The van der Waals surface area contributed by atoms with Crippen molar-refractivity contribution < 1.29 is 9.21 Å². The average molecular weight is 372 g/mol. The minimum Gasteiger partial charge on any atom is -0.464 e. The minimum absolute atomic E-state index is 0.0647. The van der Waals surface area contributed by atoms with Crippen molar-refractivity contribution in [1.82, 2.24) is 19.6 Å². The Kier molecular flexibility index (Phi) is 6.00. The van der Waals surface area contributed by atoms with Gasteiger partial charge in [-0.15, -0.1) is 0 Å². The van der Waals surface area contributed by atoms with Crippen molar-refractivity contribution in [3.05, 3.63) is 59.4 Å². The first-order chi connectivity index (χ1) is 12.5. The predicted molar refractivity (Wildman–Crippen MR) is 105 cm³/mol. The van der Waals surface area contributed by atoms with E-state index in [-0.39, 0.29) is 5.91 Å². The number of amides is 1. The quantitative estimate of drug-likeness (QED) is 0.616. The number of furan rings is 1. The number of nitrogens with one attached hydrogen (secondary N) is 1. The molecule has 6 nitrogen and oxygen atoms in total. The number of carbonyl (C=O) groups is 1. The van der Waals surface area contributed by atoms with E-state index in [0.29, 0.717) is 12.1 Å². The van der Waals surface area contributed by atoms with Crippen LogP contribution in [0.15, 0.2) is 41.1 Å². The van der Waals surface area contributed by atoms with Crippen LogP contribution in [0.2, 0.25) is 0 Å². The lowest BCUT2D eigenvalue weighted by Crippen LogP contribution is -2.26. The van der Waals surface area contributed by atoms with Crippen LogP contribution in [0.25, 0.3) is 5.65 Å². The molecule has 7 heteroatoms. The molecule has 3 heterocycles. The number of imidazole rings is 1. The third kappa shape index (κ3) is 4.89. The largest absolute Gasteiger partial charge is 0.464 e. The van der Waals surface area contributed by atoms with E-state index in [2.05, 4.69) is 15.2 Å². The van der Waals surface area contributed by atoms with Crippen LogP contribution in [0.4, 0.5) is 0 Å². The highest BCUT2D eigenvalue weighted by Gasteiger charge is 2.07. The first kappa shape index (κ1) is 18.5. The zero-order valence-electron chi connectivity index (χ0n) is 15.4. The number of hydrogen-bond acceptors (Lipinski definition) is 5. The molecule has 0 spiro atoms. The lowest BCUT2D eigenvalue weighted by atomic mass is 10.2. The van der Waals surface area contributed by atoms with Crippen LogP contribution < -0.4 is 5.32 Å². The highest BCUT2D eigenvalue weighted by Crippen LogP contribution is 2.16. The molecule has 3 aromatic rings. The van der Waals surface area contributed by atoms with Gasteiger partial charge in [0.25, 0.3) is 5.91 Å². The fourth-order valence-electron chi connectivity index (χ4n) is 2.66. The SMILES string of the molecule is Cc1cn2cc(C(=O)NCCSCc3ccc(CN(C)C)o3)ccc2n1. The van der Waals surface area contributed by atoms with Gasteiger partial charge in [0.1, 0.15) is 17.2 Å². The summed E-state index contributed by atoms with van der Waals surface area (Å²) in [5, 5.41) is 2.96. The molecule has 0 saturated heterocycles. The molecule has 3 aromatic heterocycles. The molecule has 0 aromatic carbocycles. The molecule has 1 N–H and O–H groups in total. The summed E-state index contributed by atoms with van der Waals surface area (Å²) >= 11 is 1.74. The number of aryl methyl sites for hydroxylation is 1. The number of thioether (sulfide) groups is 1. The molecule has 0 atom stereocenters. The van der Waals surface area contributed by atoms with Crippen LogP contribution in [-0.2, 0) is 12.3 Å². The third-order valence-corrected chi connectivity index (χ3v) is 4.78. The molecule has 0 unspecified atom stereocenters. The van der Waals surface area contributed by atoms with Gasteiger partial charge < -0.3 is 19.0 Å². The molecule has 0 aliphatic rings. The van der Waals surface area contributed by atoms with Gasteiger partial charge in [-0.25, -0.2) is 4.98 Å². The number of nitrogens with zero attached hydrogens (tertiary/aromatic N) is 3. The van der Waals surface area contributed by atoms with Crippen LogP contribution in [0.3, 0.4) is 0 Å². The number of carbonyl (C=O) groups excluding carboxylic acids is 1. The van der Waals surface area contributed by atoms with Gasteiger partial charge in [-0.1, -0.05) is 0 Å². The molecule has 0 radical (unpaired) electrons. The Morgan fingerprint density at radius 1 is 1.23 bits per heavy atom. The van der Waals surface area contributed by atoms with Crippen molar-refractivity contribution in [3.63, 3.8) is 0 Å². The summed E-state index contributed by atoms with van der Waals surface area (Å²) in [7, 11) is 4.04. The predicted octanol–water partition coefficient (Wildman–Crippen LogP) is 2.96. The molecule has 0 bridgehead atoms. The zero-order chi connectivity index (χ0) is 18.5. The Morgan fingerprint density at radius 2 is 2.04 bits per heavy atom. The summed E-state index contributed by atoms with van der Waals surface area (Å²) in [6.07, 6.45) is 3.73. The second-order valence-electron chi connectivity index (χ2n) is 6.48. The first-order valence-corrected chi connectivity index (χ1v) is 9.70. The van der Waals surface area contributed by atoms with Crippen LogP contribution in [-0.4, -0.2) is 46.6 Å². The Labute approximate surface area is 157 Å². The van der Waals surface area contributed by atoms with Crippen molar-refractivity contribution in [1.29, 1.82) is 0 Å². The molecule has 138 valence electrons. The second-order valence-corrected chi connectivity index (χ2v) is 7.58. The number of hydrogen-bond donors (Lipinski definition) is 1. The molecule has 0 aliphatic carbocycles. The lowest BCUT2D eigenvalue weighted by Gasteiger charge is -2.06. The number of pyridine rings is 1. The molecular weight excluding hydrogens is 348 g/mol. The van der Waals surface area contributed by atoms with Crippen LogP contribution >= 0.6 is 11.8 Å². The van der Waals surface area contributed by atoms with Crippen molar-refractivity contribution in [3.8, 4) is 0 Å². The third-order valence-electron chi connectivity index (χ3n) is 3.80. The monoisotopic (exact) mass is 372 g/mol. The van der Waals surface area contributed by atoms with Crippen molar-refractivity contribution in [2.24, 2.45) is 0 Å². The maximum absolute atomic E-state index is 12.3. The van der Waals surface area contributed by atoms with Crippen LogP contribution in [0.1, 0.15) is 27.6 Å². The molecule has 1 amide bonds. The average Bonchev–Trinajstić information content (AvgIpc) is 3.18. The Bertz CT molecular complexity index is 885. The molecule has 0 saturated carbocycles. The lowest BCUT2D eigenvalue weighted by molar-refractivity contribution is 0.0955. The molecule has 26 heavy (non-hydrogen) atoms. The van der Waals surface area contributed by atoms with Crippen LogP contribution in [0, 0.1) is 6.92 Å². The summed E-state index contributed by atoms with van der Waals surface area (Å²) in [6.45, 7) is 3.36. The van der Waals surface area contributed by atoms with Gasteiger partial charge in [-0.3, -0.25) is 4.79 Å². The van der Waals surface area contributed by atoms with Gasteiger partial charge in [0.05, 0.1) is 23.6 Å². The topological polar surface area (TPSA) is 62.8 Å². The highest BCUT2D eigenvalue weighted by molar-refractivity contribution is 7.98. The first-order valence-electron chi connectivity index (χ1n) is 8.55. The minimum atomic E-state index is -0.0647. The van der Waals surface area contributed by atoms with E-state index in [4.69, 9.17) is 4.42 Å². The van der Waals surface area contributed by atoms with Gasteiger partial charge in [-0.05, 0) is 45.3 Å². The van der Waals surface area contributed by atoms with E-state index in [1.165, 1.54) is 0 Å². The van der Waals surface area contributed by atoms with E-state index < -0.39 is 0 Å². The van der Waals surface area contributed by atoms with E-state index >= 15 is 0 Å². The molecule has 3 rings (SSSR count). The molecular formula is C19H24N4O2S. The van der Waals surface area contributed by atoms with Crippen molar-refractivity contribution in [2.45, 2.75) is 19.2 Å². The number of rotatable bonds is 8. The Balaban J connectivity index is 1.41. The maximum Gasteiger partial charge on any atom is 0.252 e. The summed E-state index contributed by atoms with van der Waals surface area (Å²) in [5.41, 5.74) is 2.42. The van der Waals surface area contributed by atoms with Crippen molar-refractivity contribution in [2.75, 3.05) is 26.4 Å². The standard InChI is InChI=1S/C19H24N4O2S/c1-14-10-23-11-15(4-7-18(23)21-14)19(24)20-8-9-26-13-17-6-5-16(25-17)12-22(2)3/h4-7,10-11H,8-9,12-13H2,1-3H3,(H,20,24). The number of aromatic nitrogens is 2. The van der Waals surface area contributed by atoms with Gasteiger partial charge in [0, 0.05) is 24.7 Å². The van der Waals surface area contributed by atoms with E-state index in [9.17, 15) is 4.79 Å². The van der Waals surface area contributed by atoms with Gasteiger partial charge in [0.2, 0.25) is 0 Å². The van der Waals surface area contributed by atoms with Gasteiger partial charge in [0.15, 0.2) is 0 Å². The smallest absolute Gasteiger partial charge is 0.252 e. The summed E-state index contributed by atoms with van der Waals surface area (Å²) < 4.78 is 7.65. The molecule has 0 fully saturated rings. The fraction of sp³-hybridized carbons (Fsp3) is 0.368. The summed E-state index contributed by atoms with van der Waals surface area (Å²) in [5.74, 6) is 3.53. The Hall–Kier alpha value is -2.25. The normalized spacial score (nSPS) is 11.4. The van der Waals surface area contributed by atoms with Crippen LogP contribution in [0.5, 0.6) is 0 Å². The maximum atomic E-state index is 12.3. The van der Waals surface area contributed by atoms with E-state index in [1.807, 2.05) is 56.0 Å². The van der Waals surface area contributed by atoms with Crippen molar-refractivity contribution >= 4 is 23.3 Å². The second kappa shape index (κ2) is 8.42. The Morgan fingerprint density at radius 3 is 2.85 bits per heavy atom. The zero-order valence-corrected chi connectivity index (χ0v) is 16.2. The summed E-state index contributed by atoms with van der Waals surface area (Å²) in [6, 6.07) is 7.70. The van der Waals surface area contributed by atoms with E-state index in [1.54, 1.807) is 17.8 Å². The summed E-state index contributed by atoms with van der Waals surface area (Å²) in [4.78, 5) is 18.7. The highest BCUT2D eigenvalue weighted by atomic mass is 32.2. The van der Waals surface area contributed by atoms with Gasteiger partial charge in [-0.2, -0.15) is 11.8 Å². The number of fused-ring (bicyclic) bond motifs is 1.